The molecular weight excluding hydrogens is 294 g/mol. The van der Waals surface area contributed by atoms with Crippen molar-refractivity contribution in [3.05, 3.63) is 52.8 Å². The van der Waals surface area contributed by atoms with Crippen molar-refractivity contribution in [1.82, 2.24) is 4.57 Å². The predicted molar refractivity (Wildman–Crippen MR) is 85.2 cm³/mol. The number of carboxylic acid groups (broad SMARTS) is 1. The average molecular weight is 313 g/mol. The van der Waals surface area contributed by atoms with Gasteiger partial charge in [-0.15, -0.1) is 0 Å². The Balaban J connectivity index is 1.95. The number of ether oxygens (including phenoxy) is 1. The fourth-order valence-electron chi connectivity index (χ4n) is 3.20. The maximum Gasteiger partial charge on any atom is 0.312 e. The molecule has 1 atom stereocenters. The zero-order valence-electron chi connectivity index (χ0n) is 13.2. The topological polar surface area (TPSA) is 68.5 Å². The Morgan fingerprint density at radius 2 is 2.00 bits per heavy atom. The van der Waals surface area contributed by atoms with Crippen molar-refractivity contribution in [2.75, 3.05) is 6.61 Å². The first-order chi connectivity index (χ1) is 11.0. The van der Waals surface area contributed by atoms with E-state index in [0.717, 1.165) is 17.0 Å². The van der Waals surface area contributed by atoms with Crippen LogP contribution in [0.3, 0.4) is 0 Å². The van der Waals surface area contributed by atoms with E-state index in [4.69, 9.17) is 4.74 Å². The minimum atomic E-state index is -0.832. The second kappa shape index (κ2) is 5.91. The molecule has 0 amide bonds. The molecule has 2 aromatic rings. The Kier molecular flexibility index (Phi) is 3.94. The first kappa shape index (κ1) is 15.3. The number of carbonyl (C=O) groups excluding carboxylic acids is 1. The molecule has 0 saturated heterocycles. The molecule has 5 heteroatoms. The minimum Gasteiger partial charge on any atom is -0.494 e. The lowest BCUT2D eigenvalue weighted by Crippen LogP contribution is -2.11. The maximum atomic E-state index is 12.8. The summed E-state index contributed by atoms with van der Waals surface area (Å²) in [5.74, 6) is -0.702. The van der Waals surface area contributed by atoms with Crippen molar-refractivity contribution in [2.45, 2.75) is 32.7 Å². The molecule has 1 aliphatic rings. The van der Waals surface area contributed by atoms with E-state index in [1.807, 2.05) is 24.5 Å². The molecule has 1 aromatic heterocycles. The first-order valence-electron chi connectivity index (χ1n) is 7.73. The molecule has 1 N–H and O–H groups in total. The highest BCUT2D eigenvalue weighted by Crippen LogP contribution is 2.33. The highest BCUT2D eigenvalue weighted by Gasteiger charge is 2.33. The number of fused-ring (bicyclic) bond motifs is 1. The number of hydrogen-bond donors (Lipinski definition) is 1. The van der Waals surface area contributed by atoms with Crippen molar-refractivity contribution in [3.8, 4) is 5.75 Å². The quantitative estimate of drug-likeness (QED) is 0.862. The van der Waals surface area contributed by atoms with Crippen LogP contribution in [0.1, 0.15) is 46.6 Å². The van der Waals surface area contributed by atoms with Gasteiger partial charge in [-0.1, -0.05) is 0 Å². The molecule has 0 radical (unpaired) electrons. The van der Waals surface area contributed by atoms with Crippen molar-refractivity contribution in [1.29, 1.82) is 0 Å². The Hall–Kier alpha value is -2.56. The standard InChI is InChI=1S/C18H19NO4/c1-3-23-13-6-4-12(5-7-13)17(20)16-11(2)10-15-14(18(21)22)8-9-19(15)16/h4-7,10,14H,3,8-9H2,1-2H3,(H,21,22). The average Bonchev–Trinajstić information content (AvgIpc) is 3.05. The van der Waals surface area contributed by atoms with Crippen LogP contribution < -0.4 is 4.74 Å². The van der Waals surface area contributed by atoms with E-state index >= 15 is 0 Å². The monoisotopic (exact) mass is 313 g/mol. The summed E-state index contributed by atoms with van der Waals surface area (Å²) in [7, 11) is 0. The van der Waals surface area contributed by atoms with Gasteiger partial charge in [0.25, 0.3) is 0 Å². The van der Waals surface area contributed by atoms with Crippen LogP contribution in [0, 0.1) is 6.92 Å². The van der Waals surface area contributed by atoms with Gasteiger partial charge in [0.2, 0.25) is 5.78 Å². The van der Waals surface area contributed by atoms with Gasteiger partial charge in [-0.05, 0) is 56.2 Å². The van der Waals surface area contributed by atoms with Gasteiger partial charge >= 0.3 is 5.97 Å². The van der Waals surface area contributed by atoms with E-state index in [1.165, 1.54) is 0 Å². The van der Waals surface area contributed by atoms with E-state index in [-0.39, 0.29) is 5.78 Å². The molecule has 1 aromatic carbocycles. The Labute approximate surface area is 134 Å². The Morgan fingerprint density at radius 1 is 1.30 bits per heavy atom. The molecule has 1 unspecified atom stereocenters. The van der Waals surface area contributed by atoms with Gasteiger partial charge in [-0.25, -0.2) is 0 Å². The highest BCUT2D eigenvalue weighted by atomic mass is 16.5. The van der Waals surface area contributed by atoms with Crippen molar-refractivity contribution in [3.63, 3.8) is 0 Å². The van der Waals surface area contributed by atoms with Crippen LogP contribution in [-0.2, 0) is 11.3 Å². The molecule has 0 fully saturated rings. The summed E-state index contributed by atoms with van der Waals surface area (Å²) in [6, 6.07) is 8.88. The Bertz CT molecular complexity index is 758. The fourth-order valence-corrected chi connectivity index (χ4v) is 3.20. The van der Waals surface area contributed by atoms with Crippen LogP contribution in [0.4, 0.5) is 0 Å². The van der Waals surface area contributed by atoms with Gasteiger partial charge in [-0.3, -0.25) is 9.59 Å². The van der Waals surface area contributed by atoms with Gasteiger partial charge in [0.05, 0.1) is 18.2 Å². The molecule has 0 spiro atoms. The van der Waals surface area contributed by atoms with Crippen molar-refractivity contribution >= 4 is 11.8 Å². The van der Waals surface area contributed by atoms with Crippen molar-refractivity contribution < 1.29 is 19.4 Å². The number of aryl methyl sites for hydroxylation is 1. The van der Waals surface area contributed by atoms with Crippen LogP contribution in [0.5, 0.6) is 5.75 Å². The molecule has 23 heavy (non-hydrogen) atoms. The fraction of sp³-hybridized carbons (Fsp3) is 0.333. The lowest BCUT2D eigenvalue weighted by Gasteiger charge is -2.08. The molecule has 0 aliphatic carbocycles. The van der Waals surface area contributed by atoms with E-state index in [2.05, 4.69) is 0 Å². The zero-order valence-corrected chi connectivity index (χ0v) is 13.2. The van der Waals surface area contributed by atoms with E-state index in [0.29, 0.717) is 30.8 Å². The third-order valence-corrected chi connectivity index (χ3v) is 4.26. The summed E-state index contributed by atoms with van der Waals surface area (Å²) < 4.78 is 7.24. The van der Waals surface area contributed by atoms with E-state index in [1.54, 1.807) is 24.3 Å². The lowest BCUT2D eigenvalue weighted by molar-refractivity contribution is -0.138. The number of rotatable bonds is 5. The first-order valence-corrected chi connectivity index (χ1v) is 7.73. The second-order valence-corrected chi connectivity index (χ2v) is 5.72. The maximum absolute atomic E-state index is 12.8. The van der Waals surface area contributed by atoms with Gasteiger partial charge in [-0.2, -0.15) is 0 Å². The number of carbonyl (C=O) groups is 2. The predicted octanol–water partition coefficient (Wildman–Crippen LogP) is 3.00. The Morgan fingerprint density at radius 3 is 2.61 bits per heavy atom. The summed E-state index contributed by atoms with van der Waals surface area (Å²) in [4.78, 5) is 24.1. The largest absolute Gasteiger partial charge is 0.494 e. The number of nitrogens with zero attached hydrogens (tertiary/aromatic N) is 1. The SMILES string of the molecule is CCOc1ccc(C(=O)c2c(C)cc3n2CCC3C(=O)O)cc1. The minimum absolute atomic E-state index is 0.0807. The molecule has 0 saturated carbocycles. The molecule has 0 bridgehead atoms. The van der Waals surface area contributed by atoms with Crippen LogP contribution in [0.25, 0.3) is 0 Å². The number of ketones is 1. The summed E-state index contributed by atoms with van der Waals surface area (Å²) >= 11 is 0. The van der Waals surface area contributed by atoms with Gasteiger partial charge in [0, 0.05) is 17.8 Å². The van der Waals surface area contributed by atoms with Gasteiger partial charge < -0.3 is 14.4 Å². The number of benzene rings is 1. The summed E-state index contributed by atoms with van der Waals surface area (Å²) in [6.45, 7) is 4.91. The third kappa shape index (κ3) is 2.63. The lowest BCUT2D eigenvalue weighted by atomic mass is 10.0. The van der Waals surface area contributed by atoms with Crippen LogP contribution in [0.15, 0.2) is 30.3 Å². The highest BCUT2D eigenvalue weighted by molar-refractivity contribution is 6.09. The summed E-state index contributed by atoms with van der Waals surface area (Å²) in [6.07, 6.45) is 0.536. The number of hydrogen-bond acceptors (Lipinski definition) is 3. The van der Waals surface area contributed by atoms with Crippen molar-refractivity contribution in [2.24, 2.45) is 0 Å². The molecule has 1 aliphatic heterocycles. The molecule has 120 valence electrons. The second-order valence-electron chi connectivity index (χ2n) is 5.72. The normalized spacial score (nSPS) is 16.2. The summed E-state index contributed by atoms with van der Waals surface area (Å²) in [5.41, 5.74) is 2.72. The third-order valence-electron chi connectivity index (χ3n) is 4.26. The van der Waals surface area contributed by atoms with E-state index in [9.17, 15) is 14.7 Å². The smallest absolute Gasteiger partial charge is 0.312 e. The van der Waals surface area contributed by atoms with Crippen LogP contribution in [-0.4, -0.2) is 28.0 Å². The van der Waals surface area contributed by atoms with Gasteiger partial charge in [0.1, 0.15) is 5.75 Å². The molecular formula is C18H19NO4. The number of aromatic nitrogens is 1. The van der Waals surface area contributed by atoms with Crippen LogP contribution in [0.2, 0.25) is 0 Å². The molecule has 5 nitrogen and oxygen atoms in total. The number of carboxylic acids is 1. The molecule has 2 heterocycles. The van der Waals surface area contributed by atoms with Gasteiger partial charge in [0.15, 0.2) is 0 Å². The summed E-state index contributed by atoms with van der Waals surface area (Å²) in [5, 5.41) is 9.28. The zero-order chi connectivity index (χ0) is 16.6. The molecule has 3 rings (SSSR count). The van der Waals surface area contributed by atoms with Crippen LogP contribution >= 0.6 is 0 Å². The number of aliphatic carboxylic acids is 1. The van der Waals surface area contributed by atoms with E-state index < -0.39 is 11.9 Å².